The van der Waals surface area contributed by atoms with Crippen molar-refractivity contribution in [1.82, 2.24) is 10.6 Å². The van der Waals surface area contributed by atoms with Crippen LogP contribution in [-0.4, -0.2) is 35.4 Å². The summed E-state index contributed by atoms with van der Waals surface area (Å²) in [6.07, 6.45) is 1.40. The summed E-state index contributed by atoms with van der Waals surface area (Å²) in [6.45, 7) is 8.58. The topological polar surface area (TPSA) is 58.2 Å². The number of hydrogen-bond acceptors (Lipinski definition) is 4. The van der Waals surface area contributed by atoms with Crippen molar-refractivity contribution in [2.24, 2.45) is 0 Å². The molecule has 1 unspecified atom stereocenters. The fourth-order valence-electron chi connectivity index (χ4n) is 1.24. The van der Waals surface area contributed by atoms with Gasteiger partial charge in [-0.15, -0.1) is 0 Å². The molecule has 0 aromatic heterocycles. The quantitative estimate of drug-likeness (QED) is 0.642. The van der Waals surface area contributed by atoms with Gasteiger partial charge in [-0.05, 0) is 27.2 Å². The van der Waals surface area contributed by atoms with Gasteiger partial charge in [0, 0.05) is 27.1 Å². The van der Waals surface area contributed by atoms with Gasteiger partial charge in [0.2, 0.25) is 11.8 Å². The maximum Gasteiger partial charge on any atom is 0.231 e. The van der Waals surface area contributed by atoms with Gasteiger partial charge in [0.05, 0.1) is 5.75 Å². The fourth-order valence-corrected chi connectivity index (χ4v) is 3.45. The molecule has 0 aliphatic carbocycles. The van der Waals surface area contributed by atoms with E-state index in [1.807, 2.05) is 20.8 Å². The number of amides is 2. The van der Waals surface area contributed by atoms with E-state index in [0.717, 1.165) is 6.42 Å². The SMILES string of the molecule is CCNC(=O)CCC(C)SSCC(=O)NC(C)C.[HH].[HH]. The van der Waals surface area contributed by atoms with Crippen LogP contribution < -0.4 is 10.6 Å². The van der Waals surface area contributed by atoms with Gasteiger partial charge in [-0.2, -0.15) is 0 Å². The molecule has 0 aliphatic heterocycles. The summed E-state index contributed by atoms with van der Waals surface area (Å²) < 4.78 is 0. The third-order valence-electron chi connectivity index (χ3n) is 2.02. The normalized spacial score (nSPS) is 12.3. The molecule has 0 aliphatic rings. The molecule has 0 fully saturated rings. The molecule has 0 rings (SSSR count). The Labute approximate surface area is 121 Å². The lowest BCUT2D eigenvalue weighted by molar-refractivity contribution is -0.121. The maximum absolute atomic E-state index is 11.4. The van der Waals surface area contributed by atoms with Crippen LogP contribution in [0.3, 0.4) is 0 Å². The molecule has 1 atom stereocenters. The molecule has 18 heavy (non-hydrogen) atoms. The molecule has 110 valence electrons. The zero-order valence-corrected chi connectivity index (χ0v) is 13.2. The van der Waals surface area contributed by atoms with E-state index in [9.17, 15) is 9.59 Å². The average molecular weight is 297 g/mol. The lowest BCUT2D eigenvalue weighted by Gasteiger charge is -2.11. The molecule has 0 aromatic carbocycles. The fraction of sp³-hybridized carbons (Fsp3) is 0.833. The van der Waals surface area contributed by atoms with Crippen LogP contribution in [0.1, 0.15) is 43.4 Å². The molecule has 0 aromatic rings. The summed E-state index contributed by atoms with van der Waals surface area (Å²) in [5.74, 6) is 0.639. The van der Waals surface area contributed by atoms with Crippen LogP contribution in [0.25, 0.3) is 0 Å². The van der Waals surface area contributed by atoms with Crippen molar-refractivity contribution < 1.29 is 12.4 Å². The number of hydrogen-bond donors (Lipinski definition) is 2. The van der Waals surface area contributed by atoms with E-state index in [0.29, 0.717) is 24.0 Å². The van der Waals surface area contributed by atoms with E-state index in [4.69, 9.17) is 0 Å². The van der Waals surface area contributed by atoms with Crippen LogP contribution >= 0.6 is 21.6 Å². The highest BCUT2D eigenvalue weighted by Gasteiger charge is 2.09. The zero-order chi connectivity index (χ0) is 14.0. The molecule has 0 spiro atoms. The Bertz CT molecular complexity index is 270. The molecule has 6 heteroatoms. The molecule has 2 N–H and O–H groups in total. The van der Waals surface area contributed by atoms with Crippen LogP contribution in [-0.2, 0) is 9.59 Å². The Kier molecular flexibility index (Phi) is 10.3. The van der Waals surface area contributed by atoms with Gasteiger partial charge in [0.15, 0.2) is 0 Å². The van der Waals surface area contributed by atoms with E-state index in [-0.39, 0.29) is 20.7 Å². The number of carbonyl (C=O) groups is 2. The standard InChI is InChI=1S/C12H24N2O2S2.2H2/c1-5-13-11(15)7-6-10(4)18-17-8-12(16)14-9(2)3;;/h9-10H,5-8H2,1-4H3,(H,13,15)(H,14,16);2*1H. The van der Waals surface area contributed by atoms with Crippen molar-refractivity contribution in [1.29, 1.82) is 0 Å². The largest absolute Gasteiger partial charge is 0.356 e. The van der Waals surface area contributed by atoms with Crippen LogP contribution in [0.2, 0.25) is 0 Å². The van der Waals surface area contributed by atoms with E-state index >= 15 is 0 Å². The van der Waals surface area contributed by atoms with Crippen molar-refractivity contribution in [3.63, 3.8) is 0 Å². The molecular formula is C12H28N2O2S2. The van der Waals surface area contributed by atoms with Crippen LogP contribution in [0.4, 0.5) is 0 Å². The van der Waals surface area contributed by atoms with Crippen molar-refractivity contribution in [2.75, 3.05) is 12.3 Å². The smallest absolute Gasteiger partial charge is 0.231 e. The number of rotatable bonds is 9. The Hall–Kier alpha value is -0.360. The number of carbonyl (C=O) groups excluding carboxylic acids is 2. The van der Waals surface area contributed by atoms with Gasteiger partial charge in [0.1, 0.15) is 0 Å². The van der Waals surface area contributed by atoms with Crippen LogP contribution in [0, 0.1) is 0 Å². The molecule has 2 amide bonds. The van der Waals surface area contributed by atoms with Gasteiger partial charge in [0.25, 0.3) is 0 Å². The summed E-state index contributed by atoms with van der Waals surface area (Å²) in [4.78, 5) is 22.6. The third-order valence-corrected chi connectivity index (χ3v) is 4.85. The van der Waals surface area contributed by atoms with E-state index in [1.165, 1.54) is 0 Å². The van der Waals surface area contributed by atoms with E-state index in [1.54, 1.807) is 21.6 Å². The maximum atomic E-state index is 11.4. The Morgan fingerprint density at radius 2 is 1.89 bits per heavy atom. The highest BCUT2D eigenvalue weighted by Crippen LogP contribution is 2.28. The lowest BCUT2D eigenvalue weighted by atomic mass is 10.2. The summed E-state index contributed by atoms with van der Waals surface area (Å²) >= 11 is 0. The van der Waals surface area contributed by atoms with Crippen LogP contribution in [0.15, 0.2) is 0 Å². The molecule has 4 nitrogen and oxygen atoms in total. The Balaban J connectivity index is -0.00000144. The van der Waals surface area contributed by atoms with Crippen LogP contribution in [0.5, 0.6) is 0 Å². The average Bonchev–Trinajstić information content (AvgIpc) is 2.25. The van der Waals surface area contributed by atoms with Crippen molar-refractivity contribution in [2.45, 2.75) is 51.8 Å². The molecule has 0 heterocycles. The summed E-state index contributed by atoms with van der Waals surface area (Å²) in [7, 11) is 3.22. The molecule has 0 bridgehead atoms. The summed E-state index contributed by atoms with van der Waals surface area (Å²) in [5, 5.41) is 6.00. The highest BCUT2D eigenvalue weighted by molar-refractivity contribution is 8.77. The van der Waals surface area contributed by atoms with Gasteiger partial charge in [-0.25, -0.2) is 0 Å². The minimum absolute atomic E-state index is 0. The molecule has 0 saturated heterocycles. The van der Waals surface area contributed by atoms with Crippen molar-refractivity contribution in [3.05, 3.63) is 0 Å². The third kappa shape index (κ3) is 10.8. The minimum atomic E-state index is 0. The van der Waals surface area contributed by atoms with E-state index in [2.05, 4.69) is 17.6 Å². The number of nitrogens with one attached hydrogen (secondary N) is 2. The van der Waals surface area contributed by atoms with Gasteiger partial charge < -0.3 is 10.6 Å². The first-order valence-electron chi connectivity index (χ1n) is 6.30. The van der Waals surface area contributed by atoms with Gasteiger partial charge >= 0.3 is 0 Å². The highest BCUT2D eigenvalue weighted by atomic mass is 33.1. The van der Waals surface area contributed by atoms with Gasteiger partial charge in [-0.1, -0.05) is 28.5 Å². The zero-order valence-electron chi connectivity index (χ0n) is 11.6. The summed E-state index contributed by atoms with van der Waals surface area (Å²) in [5.41, 5.74) is 0. The second-order valence-corrected chi connectivity index (χ2v) is 7.19. The van der Waals surface area contributed by atoms with Crippen molar-refractivity contribution >= 4 is 33.4 Å². The Morgan fingerprint density at radius 1 is 1.22 bits per heavy atom. The second-order valence-electron chi connectivity index (χ2n) is 4.38. The predicted octanol–water partition coefficient (Wildman–Crippen LogP) is 2.69. The molecule has 0 saturated carbocycles. The molecular weight excluding hydrogens is 268 g/mol. The van der Waals surface area contributed by atoms with Gasteiger partial charge in [-0.3, -0.25) is 9.59 Å². The lowest BCUT2D eigenvalue weighted by Crippen LogP contribution is -2.31. The Morgan fingerprint density at radius 3 is 2.44 bits per heavy atom. The van der Waals surface area contributed by atoms with E-state index < -0.39 is 0 Å². The first-order chi connectivity index (χ1) is 8.45. The van der Waals surface area contributed by atoms with Crippen molar-refractivity contribution in [3.8, 4) is 0 Å². The first-order valence-corrected chi connectivity index (χ1v) is 8.68. The molecule has 0 radical (unpaired) electrons. The first kappa shape index (κ1) is 17.6. The predicted molar refractivity (Wildman–Crippen MR) is 84.9 cm³/mol. The minimum Gasteiger partial charge on any atom is -0.356 e. The summed E-state index contributed by atoms with van der Waals surface area (Å²) in [6, 6.07) is 0.193. The second kappa shape index (κ2) is 10.6. The monoisotopic (exact) mass is 296 g/mol.